The molecule has 2 aromatic rings. The van der Waals surface area contributed by atoms with Gasteiger partial charge in [0.15, 0.2) is 0 Å². The molecule has 1 fully saturated rings. The van der Waals surface area contributed by atoms with Crippen molar-refractivity contribution in [3.63, 3.8) is 0 Å². The van der Waals surface area contributed by atoms with Crippen LogP contribution in [0.25, 0.3) is 0 Å². The Morgan fingerprint density at radius 2 is 2.00 bits per heavy atom. The molecule has 0 spiro atoms. The van der Waals surface area contributed by atoms with Crippen molar-refractivity contribution in [1.29, 1.82) is 0 Å². The third-order valence-corrected chi connectivity index (χ3v) is 4.13. The van der Waals surface area contributed by atoms with Crippen molar-refractivity contribution in [2.24, 2.45) is 0 Å². The van der Waals surface area contributed by atoms with E-state index in [1.54, 1.807) is 7.11 Å². The molecule has 2 heterocycles. The molecule has 1 aromatic heterocycles. The Hall–Kier alpha value is -1.82. The van der Waals surface area contributed by atoms with Crippen molar-refractivity contribution in [3.05, 3.63) is 54.4 Å². The minimum absolute atomic E-state index is 0. The molecule has 1 atom stereocenters. The van der Waals surface area contributed by atoms with Gasteiger partial charge in [0.2, 0.25) is 0 Å². The van der Waals surface area contributed by atoms with Gasteiger partial charge in [0.25, 0.3) is 0 Å². The lowest BCUT2D eigenvalue weighted by molar-refractivity contribution is 0.134. The SMILES string of the molecule is COc1ccc(OCCN2CCNCC2c2cccnc2)cc1.Cl. The minimum Gasteiger partial charge on any atom is -0.497 e. The Morgan fingerprint density at radius 1 is 1.21 bits per heavy atom. The third-order valence-electron chi connectivity index (χ3n) is 4.13. The van der Waals surface area contributed by atoms with Crippen LogP contribution in [0.3, 0.4) is 0 Å². The average Bonchev–Trinajstić information content (AvgIpc) is 2.63. The zero-order chi connectivity index (χ0) is 15.9. The zero-order valence-corrected chi connectivity index (χ0v) is 14.7. The van der Waals surface area contributed by atoms with E-state index in [2.05, 4.69) is 21.3 Å². The van der Waals surface area contributed by atoms with Gasteiger partial charge in [-0.05, 0) is 35.9 Å². The van der Waals surface area contributed by atoms with Crippen molar-refractivity contribution >= 4 is 12.4 Å². The lowest BCUT2D eigenvalue weighted by Crippen LogP contribution is -2.47. The zero-order valence-electron chi connectivity index (χ0n) is 13.9. The highest BCUT2D eigenvalue weighted by atomic mass is 35.5. The molecular weight excluding hydrogens is 326 g/mol. The molecule has 0 radical (unpaired) electrons. The summed E-state index contributed by atoms with van der Waals surface area (Å²) in [4.78, 5) is 6.70. The van der Waals surface area contributed by atoms with Crippen LogP contribution in [0.4, 0.5) is 0 Å². The number of nitrogens with zero attached hydrogens (tertiary/aromatic N) is 2. The van der Waals surface area contributed by atoms with E-state index in [1.165, 1.54) is 5.56 Å². The predicted octanol–water partition coefficient (Wildman–Crippen LogP) is 2.54. The molecule has 1 saturated heterocycles. The Balaban J connectivity index is 0.00000208. The summed E-state index contributed by atoms with van der Waals surface area (Å²) in [7, 11) is 1.67. The Bertz CT molecular complexity index is 595. The largest absolute Gasteiger partial charge is 0.497 e. The van der Waals surface area contributed by atoms with Crippen LogP contribution >= 0.6 is 12.4 Å². The van der Waals surface area contributed by atoms with Crippen molar-refractivity contribution in [2.45, 2.75) is 6.04 Å². The van der Waals surface area contributed by atoms with Crippen molar-refractivity contribution in [1.82, 2.24) is 15.2 Å². The Morgan fingerprint density at radius 3 is 2.71 bits per heavy atom. The maximum atomic E-state index is 5.86. The molecule has 3 rings (SSSR count). The molecule has 1 aliphatic rings. The van der Waals surface area contributed by atoms with Gasteiger partial charge in [-0.2, -0.15) is 0 Å². The van der Waals surface area contributed by atoms with Gasteiger partial charge in [-0.3, -0.25) is 9.88 Å². The number of nitrogens with one attached hydrogen (secondary N) is 1. The van der Waals surface area contributed by atoms with Gasteiger partial charge in [0.05, 0.1) is 7.11 Å². The van der Waals surface area contributed by atoms with Crippen molar-refractivity contribution in [3.8, 4) is 11.5 Å². The van der Waals surface area contributed by atoms with E-state index >= 15 is 0 Å². The highest BCUT2D eigenvalue weighted by molar-refractivity contribution is 5.85. The quantitative estimate of drug-likeness (QED) is 0.868. The number of aromatic nitrogens is 1. The van der Waals surface area contributed by atoms with Gasteiger partial charge < -0.3 is 14.8 Å². The molecule has 5 nitrogen and oxygen atoms in total. The van der Waals surface area contributed by atoms with Gasteiger partial charge in [-0.25, -0.2) is 0 Å². The van der Waals surface area contributed by atoms with Crippen LogP contribution in [0.1, 0.15) is 11.6 Å². The number of ether oxygens (including phenoxy) is 2. The number of hydrogen-bond donors (Lipinski definition) is 1. The van der Waals surface area contributed by atoms with Crippen LogP contribution in [-0.4, -0.2) is 49.8 Å². The molecule has 130 valence electrons. The molecule has 0 amide bonds. The van der Waals surface area contributed by atoms with Crippen LogP contribution in [-0.2, 0) is 0 Å². The Labute approximate surface area is 149 Å². The lowest BCUT2D eigenvalue weighted by Gasteiger charge is -2.36. The van der Waals surface area contributed by atoms with Crippen LogP contribution in [0.5, 0.6) is 11.5 Å². The van der Waals surface area contributed by atoms with E-state index in [0.717, 1.165) is 37.7 Å². The predicted molar refractivity (Wildman–Crippen MR) is 97.2 cm³/mol. The summed E-state index contributed by atoms with van der Waals surface area (Å²) < 4.78 is 11.0. The van der Waals surface area contributed by atoms with Crippen LogP contribution in [0.15, 0.2) is 48.8 Å². The number of benzene rings is 1. The first-order chi connectivity index (χ1) is 11.4. The highest BCUT2D eigenvalue weighted by Gasteiger charge is 2.23. The number of piperazine rings is 1. The second-order valence-electron chi connectivity index (χ2n) is 5.57. The smallest absolute Gasteiger partial charge is 0.119 e. The number of pyridine rings is 1. The van der Waals surface area contributed by atoms with Gasteiger partial charge in [0.1, 0.15) is 18.1 Å². The number of methoxy groups -OCH3 is 1. The molecule has 1 N–H and O–H groups in total. The normalized spacial score (nSPS) is 17.8. The van der Waals surface area contributed by atoms with Crippen LogP contribution in [0, 0.1) is 0 Å². The summed E-state index contributed by atoms with van der Waals surface area (Å²) in [6.07, 6.45) is 3.77. The molecule has 0 aliphatic carbocycles. The van der Waals surface area contributed by atoms with Crippen molar-refractivity contribution in [2.75, 3.05) is 39.9 Å². The summed E-state index contributed by atoms with van der Waals surface area (Å²) in [5.74, 6) is 1.72. The van der Waals surface area contributed by atoms with Gasteiger partial charge >= 0.3 is 0 Å². The van der Waals surface area contributed by atoms with E-state index < -0.39 is 0 Å². The van der Waals surface area contributed by atoms with Gasteiger partial charge in [-0.15, -0.1) is 12.4 Å². The first-order valence-corrected chi connectivity index (χ1v) is 7.98. The second-order valence-corrected chi connectivity index (χ2v) is 5.57. The molecule has 1 aromatic carbocycles. The maximum Gasteiger partial charge on any atom is 0.119 e. The van der Waals surface area contributed by atoms with Gasteiger partial charge in [0, 0.05) is 44.6 Å². The standard InChI is InChI=1S/C18H23N3O2.ClH/c1-22-16-4-6-17(7-5-16)23-12-11-21-10-9-20-14-18(21)15-3-2-8-19-13-15;/h2-8,13,18,20H,9-12,14H2,1H3;1H. The molecule has 24 heavy (non-hydrogen) atoms. The molecule has 0 saturated carbocycles. The molecule has 0 bridgehead atoms. The number of halogens is 1. The monoisotopic (exact) mass is 349 g/mol. The average molecular weight is 350 g/mol. The first-order valence-electron chi connectivity index (χ1n) is 7.98. The van der Waals surface area contributed by atoms with Crippen LogP contribution in [0.2, 0.25) is 0 Å². The van der Waals surface area contributed by atoms with E-state index in [9.17, 15) is 0 Å². The number of hydrogen-bond acceptors (Lipinski definition) is 5. The van der Waals surface area contributed by atoms with Crippen LogP contribution < -0.4 is 14.8 Å². The van der Waals surface area contributed by atoms with E-state index in [0.29, 0.717) is 12.6 Å². The molecular formula is C18H24ClN3O2. The molecule has 1 aliphatic heterocycles. The molecule has 1 unspecified atom stereocenters. The van der Waals surface area contributed by atoms with Gasteiger partial charge in [-0.1, -0.05) is 6.07 Å². The maximum absolute atomic E-state index is 5.86. The Kier molecular flexibility index (Phi) is 7.31. The summed E-state index contributed by atoms with van der Waals surface area (Å²) in [6.45, 7) is 4.55. The summed E-state index contributed by atoms with van der Waals surface area (Å²) in [6, 6.07) is 12.2. The topological polar surface area (TPSA) is 46.6 Å². The summed E-state index contributed by atoms with van der Waals surface area (Å²) >= 11 is 0. The fourth-order valence-electron chi connectivity index (χ4n) is 2.87. The summed E-state index contributed by atoms with van der Waals surface area (Å²) in [5, 5.41) is 3.46. The van der Waals surface area contributed by atoms with E-state index in [4.69, 9.17) is 9.47 Å². The van der Waals surface area contributed by atoms with E-state index in [1.807, 2.05) is 42.7 Å². The second kappa shape index (κ2) is 9.47. The third kappa shape index (κ3) is 4.84. The first kappa shape index (κ1) is 18.5. The molecule has 6 heteroatoms. The van der Waals surface area contributed by atoms with E-state index in [-0.39, 0.29) is 12.4 Å². The lowest BCUT2D eigenvalue weighted by atomic mass is 10.1. The minimum atomic E-state index is 0. The number of rotatable bonds is 6. The highest BCUT2D eigenvalue weighted by Crippen LogP contribution is 2.21. The van der Waals surface area contributed by atoms with Crippen molar-refractivity contribution < 1.29 is 9.47 Å². The fourth-order valence-corrected chi connectivity index (χ4v) is 2.87. The summed E-state index contributed by atoms with van der Waals surface area (Å²) in [5.41, 5.74) is 1.25. The fraction of sp³-hybridized carbons (Fsp3) is 0.389.